The molecule has 4 rings (SSSR count). The highest BCUT2D eigenvalue weighted by Crippen LogP contribution is 2.18. The topological polar surface area (TPSA) is 52.1 Å². The van der Waals surface area contributed by atoms with Gasteiger partial charge < -0.3 is 15.4 Å². The van der Waals surface area contributed by atoms with Crippen molar-refractivity contribution in [3.05, 3.63) is 42.5 Å². The molecule has 7 heteroatoms. The van der Waals surface area contributed by atoms with Crippen LogP contribution in [0.1, 0.15) is 5.56 Å². The molecular formula is C19H30IN5O. The molecule has 2 bridgehead atoms. The number of hydrogen-bond acceptors (Lipinski definition) is 4. The van der Waals surface area contributed by atoms with E-state index in [0.717, 1.165) is 30.4 Å². The van der Waals surface area contributed by atoms with Crippen molar-refractivity contribution in [1.82, 2.24) is 20.4 Å². The number of para-hydroxylation sites is 1. The zero-order valence-corrected chi connectivity index (χ0v) is 17.8. The third-order valence-corrected chi connectivity index (χ3v) is 4.90. The molecule has 0 aromatic heterocycles. The van der Waals surface area contributed by atoms with Gasteiger partial charge in [0.2, 0.25) is 0 Å². The average molecular weight is 471 g/mol. The Bertz CT molecular complexity index is 601. The third-order valence-electron chi connectivity index (χ3n) is 4.90. The molecule has 0 radical (unpaired) electrons. The van der Waals surface area contributed by atoms with Crippen LogP contribution in [0.5, 0.6) is 5.75 Å². The van der Waals surface area contributed by atoms with E-state index in [-0.39, 0.29) is 24.0 Å². The number of halogens is 1. The summed E-state index contributed by atoms with van der Waals surface area (Å²) >= 11 is 0. The minimum absolute atomic E-state index is 0. The number of aliphatic imine (C=N–C) groups is 1. The quantitative estimate of drug-likeness (QED) is 0.274. The van der Waals surface area contributed by atoms with E-state index in [4.69, 9.17) is 4.74 Å². The standard InChI is InChI=1S/C19H29N5O.HI/c1-3-12-25-18-7-5-4-6-16(18)13-21-19(20-2)22-14-17-15-23-8-10-24(17)11-9-23;/h3-7,17H,1,8-15H2,2H3,(H2,20,21,22);1H. The Morgan fingerprint density at radius 3 is 2.69 bits per heavy atom. The molecule has 1 aromatic carbocycles. The average Bonchev–Trinajstić information content (AvgIpc) is 2.68. The molecule has 144 valence electrons. The summed E-state index contributed by atoms with van der Waals surface area (Å²) in [7, 11) is 1.81. The summed E-state index contributed by atoms with van der Waals surface area (Å²) in [5.74, 6) is 1.71. The van der Waals surface area contributed by atoms with Gasteiger partial charge in [-0.3, -0.25) is 14.8 Å². The smallest absolute Gasteiger partial charge is 0.191 e. The van der Waals surface area contributed by atoms with Gasteiger partial charge in [-0.2, -0.15) is 0 Å². The van der Waals surface area contributed by atoms with E-state index < -0.39 is 0 Å². The van der Waals surface area contributed by atoms with E-state index in [9.17, 15) is 0 Å². The first-order valence-electron chi connectivity index (χ1n) is 9.02. The highest BCUT2D eigenvalue weighted by Gasteiger charge is 2.31. The number of hydrogen-bond donors (Lipinski definition) is 2. The van der Waals surface area contributed by atoms with Crippen LogP contribution in [0.2, 0.25) is 0 Å². The van der Waals surface area contributed by atoms with Crippen molar-refractivity contribution in [2.45, 2.75) is 12.6 Å². The second-order valence-corrected chi connectivity index (χ2v) is 6.50. The number of piperazine rings is 3. The number of nitrogens with zero attached hydrogens (tertiary/aromatic N) is 3. The molecule has 0 amide bonds. The lowest BCUT2D eigenvalue weighted by Gasteiger charge is -2.47. The van der Waals surface area contributed by atoms with Crippen LogP contribution in [0.4, 0.5) is 0 Å². The van der Waals surface area contributed by atoms with E-state index in [1.165, 1.54) is 26.2 Å². The van der Waals surface area contributed by atoms with Crippen LogP contribution in [-0.4, -0.2) is 74.7 Å². The van der Waals surface area contributed by atoms with Gasteiger partial charge in [0.25, 0.3) is 0 Å². The minimum Gasteiger partial charge on any atom is -0.489 e. The van der Waals surface area contributed by atoms with Gasteiger partial charge >= 0.3 is 0 Å². The molecule has 3 aliphatic rings. The molecule has 6 nitrogen and oxygen atoms in total. The maximum absolute atomic E-state index is 5.71. The molecule has 0 spiro atoms. The summed E-state index contributed by atoms with van der Waals surface area (Å²) in [4.78, 5) is 9.48. The van der Waals surface area contributed by atoms with Gasteiger partial charge in [0.1, 0.15) is 12.4 Å². The lowest BCUT2D eigenvalue weighted by Crippen LogP contribution is -2.63. The fourth-order valence-electron chi connectivity index (χ4n) is 3.47. The predicted octanol–water partition coefficient (Wildman–Crippen LogP) is 1.53. The Balaban J connectivity index is 0.00000243. The van der Waals surface area contributed by atoms with Crippen LogP contribution in [-0.2, 0) is 6.54 Å². The highest BCUT2D eigenvalue weighted by molar-refractivity contribution is 14.0. The Hall–Kier alpha value is -1.32. The molecular weight excluding hydrogens is 441 g/mol. The van der Waals surface area contributed by atoms with Crippen molar-refractivity contribution < 1.29 is 4.74 Å². The monoisotopic (exact) mass is 471 g/mol. The Kier molecular flexibility index (Phi) is 8.67. The number of guanidine groups is 1. The predicted molar refractivity (Wildman–Crippen MR) is 118 cm³/mol. The normalized spacial score (nSPS) is 24.5. The van der Waals surface area contributed by atoms with Gasteiger partial charge in [-0.15, -0.1) is 24.0 Å². The molecule has 3 heterocycles. The first kappa shape index (κ1) is 21.0. The van der Waals surface area contributed by atoms with Crippen LogP contribution < -0.4 is 15.4 Å². The van der Waals surface area contributed by atoms with E-state index in [0.29, 0.717) is 19.2 Å². The number of fused-ring (bicyclic) bond motifs is 3. The Morgan fingerprint density at radius 2 is 2.04 bits per heavy atom. The number of nitrogens with one attached hydrogen (secondary N) is 2. The Morgan fingerprint density at radius 1 is 1.27 bits per heavy atom. The van der Waals surface area contributed by atoms with Gasteiger partial charge in [0, 0.05) is 64.5 Å². The minimum atomic E-state index is 0. The Labute approximate surface area is 173 Å². The van der Waals surface area contributed by atoms with E-state index in [1.807, 2.05) is 25.2 Å². The molecule has 26 heavy (non-hydrogen) atoms. The summed E-state index contributed by atoms with van der Waals surface area (Å²) in [5, 5.41) is 6.86. The second kappa shape index (κ2) is 10.7. The SMILES string of the molecule is C=CCOc1ccccc1CNC(=NC)NCC1CN2CCN1CC2.I. The van der Waals surface area contributed by atoms with E-state index in [2.05, 4.69) is 38.1 Å². The molecule has 0 saturated carbocycles. The molecule has 3 saturated heterocycles. The van der Waals surface area contributed by atoms with Crippen molar-refractivity contribution >= 4 is 29.9 Å². The van der Waals surface area contributed by atoms with Gasteiger partial charge in [0.15, 0.2) is 5.96 Å². The van der Waals surface area contributed by atoms with E-state index >= 15 is 0 Å². The van der Waals surface area contributed by atoms with Crippen LogP contribution in [0, 0.1) is 0 Å². The lowest BCUT2D eigenvalue weighted by atomic mass is 10.1. The molecule has 2 N–H and O–H groups in total. The maximum Gasteiger partial charge on any atom is 0.191 e. The molecule has 0 aliphatic carbocycles. The van der Waals surface area contributed by atoms with Crippen molar-refractivity contribution in [1.29, 1.82) is 0 Å². The zero-order valence-electron chi connectivity index (χ0n) is 15.5. The van der Waals surface area contributed by atoms with Crippen molar-refractivity contribution in [2.75, 3.05) is 52.9 Å². The third kappa shape index (κ3) is 5.59. The summed E-state index contributed by atoms with van der Waals surface area (Å²) < 4.78 is 5.71. The molecule has 3 fully saturated rings. The summed E-state index contributed by atoms with van der Waals surface area (Å²) in [6.07, 6.45) is 1.76. The summed E-state index contributed by atoms with van der Waals surface area (Å²) in [6, 6.07) is 8.63. The summed E-state index contributed by atoms with van der Waals surface area (Å²) in [5.41, 5.74) is 1.11. The first-order chi connectivity index (χ1) is 12.3. The lowest BCUT2D eigenvalue weighted by molar-refractivity contribution is 0.0154. The largest absolute Gasteiger partial charge is 0.489 e. The fourth-order valence-corrected chi connectivity index (χ4v) is 3.47. The fraction of sp³-hybridized carbons (Fsp3) is 0.526. The first-order valence-corrected chi connectivity index (χ1v) is 9.02. The maximum atomic E-state index is 5.71. The second-order valence-electron chi connectivity index (χ2n) is 6.50. The van der Waals surface area contributed by atoms with Crippen LogP contribution in [0.3, 0.4) is 0 Å². The van der Waals surface area contributed by atoms with Crippen molar-refractivity contribution in [3.63, 3.8) is 0 Å². The molecule has 1 atom stereocenters. The van der Waals surface area contributed by atoms with Gasteiger partial charge in [-0.1, -0.05) is 30.9 Å². The highest BCUT2D eigenvalue weighted by atomic mass is 127. The number of rotatable bonds is 7. The van der Waals surface area contributed by atoms with E-state index in [1.54, 1.807) is 6.08 Å². The number of ether oxygens (including phenoxy) is 1. The van der Waals surface area contributed by atoms with Crippen molar-refractivity contribution in [2.24, 2.45) is 4.99 Å². The molecule has 1 aromatic rings. The van der Waals surface area contributed by atoms with Crippen LogP contribution in [0.25, 0.3) is 0 Å². The van der Waals surface area contributed by atoms with Gasteiger partial charge in [-0.05, 0) is 6.07 Å². The summed E-state index contributed by atoms with van der Waals surface area (Å²) in [6.45, 7) is 11.8. The molecule has 1 unspecified atom stereocenters. The zero-order chi connectivity index (χ0) is 17.5. The molecule has 3 aliphatic heterocycles. The van der Waals surface area contributed by atoms with Crippen LogP contribution >= 0.6 is 24.0 Å². The number of benzene rings is 1. The van der Waals surface area contributed by atoms with Gasteiger partial charge in [-0.25, -0.2) is 0 Å². The van der Waals surface area contributed by atoms with Crippen molar-refractivity contribution in [3.8, 4) is 5.75 Å². The van der Waals surface area contributed by atoms with Gasteiger partial charge in [0.05, 0.1) is 0 Å². The van der Waals surface area contributed by atoms with Crippen LogP contribution in [0.15, 0.2) is 41.9 Å².